The second-order valence-corrected chi connectivity index (χ2v) is 9.94. The fourth-order valence-corrected chi connectivity index (χ4v) is 6.33. The molecule has 0 fully saturated rings. The van der Waals surface area contributed by atoms with Crippen LogP contribution in [0.25, 0.3) is 0 Å². The van der Waals surface area contributed by atoms with Crippen LogP contribution in [0.1, 0.15) is 49.7 Å². The molecule has 0 atom stereocenters. The van der Waals surface area contributed by atoms with Gasteiger partial charge in [-0.25, -0.2) is 4.98 Å². The number of carbonyl (C=O) groups is 1. The van der Waals surface area contributed by atoms with Crippen LogP contribution in [-0.2, 0) is 20.0 Å². The molecule has 1 aromatic carbocycles. The molecule has 0 N–H and O–H groups in total. The quantitative estimate of drug-likeness (QED) is 0.357. The summed E-state index contributed by atoms with van der Waals surface area (Å²) in [6, 6.07) is 6.15. The summed E-state index contributed by atoms with van der Waals surface area (Å²) in [7, 11) is 0. The zero-order valence-electron chi connectivity index (χ0n) is 17.6. The minimum Gasteiger partial charge on any atom is -0.493 e. The predicted octanol–water partition coefficient (Wildman–Crippen LogP) is 4.42. The van der Waals surface area contributed by atoms with E-state index in [0.717, 1.165) is 35.8 Å². The van der Waals surface area contributed by atoms with Gasteiger partial charge in [0.2, 0.25) is 0 Å². The van der Waals surface area contributed by atoms with E-state index in [4.69, 9.17) is 9.47 Å². The van der Waals surface area contributed by atoms with E-state index >= 15 is 0 Å². The van der Waals surface area contributed by atoms with Crippen LogP contribution in [0, 0.1) is 11.8 Å². The van der Waals surface area contributed by atoms with E-state index < -0.39 is 0 Å². The number of carbonyl (C=O) groups excluding carboxylic acids is 1. The molecule has 0 aliphatic carbocycles. The van der Waals surface area contributed by atoms with Crippen molar-refractivity contribution in [2.75, 3.05) is 24.7 Å². The minimum absolute atomic E-state index is 0.0172. The molecule has 30 heavy (non-hydrogen) atoms. The van der Waals surface area contributed by atoms with Gasteiger partial charge in [0, 0.05) is 17.5 Å². The van der Waals surface area contributed by atoms with Gasteiger partial charge in [0.25, 0.3) is 0 Å². The van der Waals surface area contributed by atoms with Crippen molar-refractivity contribution in [2.45, 2.75) is 37.7 Å². The first-order chi connectivity index (χ1) is 14.6. The predicted molar refractivity (Wildman–Crippen MR) is 123 cm³/mol. The second-order valence-electron chi connectivity index (χ2n) is 6.55. The van der Waals surface area contributed by atoms with Gasteiger partial charge in [0.05, 0.1) is 41.8 Å². The van der Waals surface area contributed by atoms with Crippen molar-refractivity contribution in [2.24, 2.45) is 0 Å². The number of benzene rings is 1. The summed E-state index contributed by atoms with van der Waals surface area (Å²) < 4.78 is 10.9. The molecule has 0 saturated heterocycles. The van der Waals surface area contributed by atoms with Gasteiger partial charge in [0.15, 0.2) is 0 Å². The molecular weight excluding hydrogens is 416 g/mol. The third kappa shape index (κ3) is 5.50. The van der Waals surface area contributed by atoms with Crippen LogP contribution in [-0.4, -0.2) is 40.7 Å². The molecule has 0 amide bonds. The Morgan fingerprint density at radius 1 is 1.17 bits per heavy atom. The van der Waals surface area contributed by atoms with Crippen molar-refractivity contribution in [3.05, 3.63) is 53.1 Å². The first-order valence-electron chi connectivity index (χ1n) is 10.1. The lowest BCUT2D eigenvalue weighted by atomic mass is 10.0. The van der Waals surface area contributed by atoms with Crippen molar-refractivity contribution < 1.29 is 14.3 Å². The average molecular weight is 443 g/mol. The standard InChI is InChI=1S/C23H26N2O3S2/c1-4-27-22(26)14-19-16-24-18(15-25-19)9-7-17-8-10-21-20(13-17)23(29-5-2,30-6-3)11-12-28-21/h8,10,13,15-16H,4-6,11-12,14H2,1-3H3. The number of rotatable bonds is 7. The molecule has 1 aromatic heterocycles. The van der Waals surface area contributed by atoms with E-state index in [2.05, 4.69) is 41.7 Å². The molecule has 5 nitrogen and oxygen atoms in total. The van der Waals surface area contributed by atoms with Gasteiger partial charge in [-0.15, -0.1) is 23.5 Å². The number of hydrogen-bond donors (Lipinski definition) is 0. The van der Waals surface area contributed by atoms with Gasteiger partial charge < -0.3 is 9.47 Å². The van der Waals surface area contributed by atoms with Crippen molar-refractivity contribution in [3.63, 3.8) is 0 Å². The Bertz CT molecular complexity index is 930. The monoisotopic (exact) mass is 442 g/mol. The highest BCUT2D eigenvalue weighted by molar-refractivity contribution is 8.17. The maximum Gasteiger partial charge on any atom is 0.311 e. The highest BCUT2D eigenvalue weighted by Crippen LogP contribution is 2.54. The number of esters is 1. The smallest absolute Gasteiger partial charge is 0.311 e. The summed E-state index contributed by atoms with van der Waals surface area (Å²) in [5.41, 5.74) is 3.28. The van der Waals surface area contributed by atoms with Crippen molar-refractivity contribution >= 4 is 29.5 Å². The van der Waals surface area contributed by atoms with Gasteiger partial charge in [-0.3, -0.25) is 9.78 Å². The SMILES string of the molecule is CCOC(=O)Cc1cnc(C#Cc2ccc3c(c2)C(SCC)(SCC)CCO3)cn1. The van der Waals surface area contributed by atoms with Gasteiger partial charge in [0.1, 0.15) is 11.4 Å². The van der Waals surface area contributed by atoms with Crippen LogP contribution in [0.5, 0.6) is 5.75 Å². The summed E-state index contributed by atoms with van der Waals surface area (Å²) >= 11 is 3.95. The highest BCUT2D eigenvalue weighted by atomic mass is 32.2. The number of ether oxygens (including phenoxy) is 2. The number of hydrogen-bond acceptors (Lipinski definition) is 7. The maximum atomic E-state index is 11.5. The summed E-state index contributed by atoms with van der Waals surface area (Å²) in [6.45, 7) is 7.28. The van der Waals surface area contributed by atoms with Crippen molar-refractivity contribution in [1.29, 1.82) is 0 Å². The summed E-state index contributed by atoms with van der Waals surface area (Å²) in [5.74, 6) is 9.02. The Labute approximate surface area is 186 Å². The third-order valence-electron chi connectivity index (χ3n) is 4.50. The van der Waals surface area contributed by atoms with Gasteiger partial charge in [-0.05, 0) is 42.5 Å². The van der Waals surface area contributed by atoms with E-state index in [1.165, 1.54) is 5.56 Å². The molecular formula is C23H26N2O3S2. The molecule has 1 aliphatic heterocycles. The van der Waals surface area contributed by atoms with Crippen LogP contribution in [0.4, 0.5) is 0 Å². The molecule has 1 aliphatic rings. The fraction of sp³-hybridized carbons (Fsp3) is 0.435. The first-order valence-corrected chi connectivity index (χ1v) is 12.1. The summed E-state index contributed by atoms with van der Waals surface area (Å²) in [6.07, 6.45) is 4.27. The van der Waals surface area contributed by atoms with Crippen LogP contribution in [0.3, 0.4) is 0 Å². The van der Waals surface area contributed by atoms with E-state index in [-0.39, 0.29) is 16.5 Å². The van der Waals surface area contributed by atoms with E-state index in [0.29, 0.717) is 18.0 Å². The molecule has 0 bridgehead atoms. The Morgan fingerprint density at radius 3 is 2.63 bits per heavy atom. The van der Waals surface area contributed by atoms with Crippen LogP contribution < -0.4 is 4.74 Å². The number of fused-ring (bicyclic) bond motifs is 1. The van der Waals surface area contributed by atoms with Crippen molar-refractivity contribution in [1.82, 2.24) is 9.97 Å². The lowest BCUT2D eigenvalue weighted by molar-refractivity contribution is -0.142. The van der Waals surface area contributed by atoms with E-state index in [1.54, 1.807) is 19.3 Å². The van der Waals surface area contributed by atoms with Crippen LogP contribution in [0.2, 0.25) is 0 Å². The van der Waals surface area contributed by atoms with E-state index in [9.17, 15) is 4.79 Å². The number of nitrogens with zero attached hydrogens (tertiary/aromatic N) is 2. The topological polar surface area (TPSA) is 61.3 Å². The molecule has 0 saturated carbocycles. The fourth-order valence-electron chi connectivity index (χ4n) is 3.28. The van der Waals surface area contributed by atoms with Gasteiger partial charge in [-0.2, -0.15) is 0 Å². The Kier molecular flexibility index (Phi) is 8.06. The number of aromatic nitrogens is 2. The number of thioether (sulfide) groups is 2. The van der Waals surface area contributed by atoms with Crippen LogP contribution >= 0.6 is 23.5 Å². The molecule has 2 aromatic rings. The highest BCUT2D eigenvalue weighted by Gasteiger charge is 2.38. The minimum atomic E-state index is -0.305. The Hall–Kier alpha value is -2.17. The third-order valence-corrected chi connectivity index (χ3v) is 7.57. The molecule has 0 spiro atoms. The summed E-state index contributed by atoms with van der Waals surface area (Å²) in [5, 5.41) is 0. The molecule has 158 valence electrons. The zero-order chi connectivity index (χ0) is 21.4. The van der Waals surface area contributed by atoms with E-state index in [1.807, 2.05) is 35.7 Å². The molecule has 0 unspecified atom stereocenters. The first kappa shape index (κ1) is 22.5. The zero-order valence-corrected chi connectivity index (χ0v) is 19.2. The molecule has 2 heterocycles. The largest absolute Gasteiger partial charge is 0.493 e. The lowest BCUT2D eigenvalue weighted by Gasteiger charge is -2.37. The second kappa shape index (κ2) is 10.7. The van der Waals surface area contributed by atoms with Gasteiger partial charge >= 0.3 is 5.97 Å². The molecule has 3 rings (SSSR count). The Balaban J connectivity index is 1.80. The Morgan fingerprint density at radius 2 is 1.97 bits per heavy atom. The lowest BCUT2D eigenvalue weighted by Crippen LogP contribution is -2.27. The van der Waals surface area contributed by atoms with Crippen LogP contribution in [0.15, 0.2) is 30.6 Å². The summed E-state index contributed by atoms with van der Waals surface area (Å²) in [4.78, 5) is 20.1. The van der Waals surface area contributed by atoms with Gasteiger partial charge in [-0.1, -0.05) is 19.8 Å². The normalized spacial score (nSPS) is 14.1. The van der Waals surface area contributed by atoms with Crippen molar-refractivity contribution in [3.8, 4) is 17.6 Å². The molecule has 0 radical (unpaired) electrons. The maximum absolute atomic E-state index is 11.5. The average Bonchev–Trinajstić information content (AvgIpc) is 2.74. The molecule has 7 heteroatoms.